The molecule has 1 heterocycles. The molecular formula is C16H33N3O. The molecule has 0 aliphatic carbocycles. The van der Waals surface area contributed by atoms with Crippen molar-refractivity contribution in [1.29, 1.82) is 0 Å². The van der Waals surface area contributed by atoms with Crippen molar-refractivity contribution < 1.29 is 4.79 Å². The van der Waals surface area contributed by atoms with Crippen molar-refractivity contribution in [3.05, 3.63) is 0 Å². The number of rotatable bonds is 7. The third-order valence-electron chi connectivity index (χ3n) is 4.23. The van der Waals surface area contributed by atoms with Crippen LogP contribution in [0.25, 0.3) is 0 Å². The van der Waals surface area contributed by atoms with E-state index in [-0.39, 0.29) is 11.8 Å². The summed E-state index contributed by atoms with van der Waals surface area (Å²) in [4.78, 5) is 19.0. The van der Waals surface area contributed by atoms with Gasteiger partial charge in [-0.2, -0.15) is 0 Å². The average molecular weight is 283 g/mol. The number of carbonyl (C=O) groups is 1. The Balaban J connectivity index is 2.22. The van der Waals surface area contributed by atoms with Crippen LogP contribution in [0.2, 0.25) is 0 Å². The van der Waals surface area contributed by atoms with E-state index in [9.17, 15) is 4.79 Å². The van der Waals surface area contributed by atoms with Crippen molar-refractivity contribution in [1.82, 2.24) is 14.7 Å². The second kappa shape index (κ2) is 8.63. The van der Waals surface area contributed by atoms with Gasteiger partial charge in [0.25, 0.3) is 0 Å². The topological polar surface area (TPSA) is 26.8 Å². The third kappa shape index (κ3) is 5.41. The van der Waals surface area contributed by atoms with Crippen LogP contribution >= 0.6 is 0 Å². The Labute approximate surface area is 125 Å². The lowest BCUT2D eigenvalue weighted by atomic mass is 10.2. The zero-order valence-electron chi connectivity index (χ0n) is 14.1. The summed E-state index contributed by atoms with van der Waals surface area (Å²) in [6.45, 7) is 18.1. The molecule has 1 saturated heterocycles. The monoisotopic (exact) mass is 283 g/mol. The van der Waals surface area contributed by atoms with E-state index in [4.69, 9.17) is 0 Å². The van der Waals surface area contributed by atoms with Crippen molar-refractivity contribution in [3.8, 4) is 0 Å². The molecule has 1 aliphatic rings. The van der Waals surface area contributed by atoms with Gasteiger partial charge < -0.3 is 9.80 Å². The van der Waals surface area contributed by atoms with Gasteiger partial charge in [-0.1, -0.05) is 13.8 Å². The van der Waals surface area contributed by atoms with Crippen LogP contribution in [-0.2, 0) is 4.79 Å². The molecule has 0 N–H and O–H groups in total. The Morgan fingerprint density at radius 3 is 2.15 bits per heavy atom. The second-order valence-electron chi connectivity index (χ2n) is 6.40. The van der Waals surface area contributed by atoms with Gasteiger partial charge in [-0.05, 0) is 33.7 Å². The molecule has 0 aromatic carbocycles. The Morgan fingerprint density at radius 2 is 1.70 bits per heavy atom. The number of carbonyl (C=O) groups excluding carboxylic acids is 1. The van der Waals surface area contributed by atoms with Gasteiger partial charge in [-0.15, -0.1) is 0 Å². The molecule has 0 radical (unpaired) electrons. The fourth-order valence-corrected chi connectivity index (χ4v) is 2.78. The molecule has 0 bridgehead atoms. The highest BCUT2D eigenvalue weighted by molar-refractivity contribution is 5.78. The number of nitrogens with zero attached hydrogens (tertiary/aromatic N) is 3. The molecule has 0 saturated carbocycles. The smallest absolute Gasteiger partial charge is 0.225 e. The molecule has 20 heavy (non-hydrogen) atoms. The first kappa shape index (κ1) is 17.4. The molecule has 0 atom stereocenters. The number of piperazine rings is 1. The first-order valence-electron chi connectivity index (χ1n) is 8.20. The molecular weight excluding hydrogens is 250 g/mol. The summed E-state index contributed by atoms with van der Waals surface area (Å²) in [5.41, 5.74) is 0. The maximum atomic E-state index is 12.0. The average Bonchev–Trinajstić information content (AvgIpc) is 2.43. The van der Waals surface area contributed by atoms with Crippen LogP contribution < -0.4 is 0 Å². The van der Waals surface area contributed by atoms with Gasteiger partial charge >= 0.3 is 0 Å². The zero-order chi connectivity index (χ0) is 15.1. The Kier molecular flexibility index (Phi) is 7.52. The molecule has 0 aromatic heterocycles. The van der Waals surface area contributed by atoms with Gasteiger partial charge in [0, 0.05) is 51.2 Å². The minimum Gasteiger partial charge on any atom is -0.343 e. The predicted octanol–water partition coefficient (Wildman–Crippen LogP) is 1.91. The Bertz CT molecular complexity index is 283. The van der Waals surface area contributed by atoms with Gasteiger partial charge in [0.15, 0.2) is 0 Å². The summed E-state index contributed by atoms with van der Waals surface area (Å²) in [5, 5.41) is 0. The zero-order valence-corrected chi connectivity index (χ0v) is 14.1. The molecule has 4 heteroatoms. The van der Waals surface area contributed by atoms with Gasteiger partial charge in [0.2, 0.25) is 5.91 Å². The maximum absolute atomic E-state index is 12.0. The normalized spacial score (nSPS) is 17.9. The van der Waals surface area contributed by atoms with Gasteiger partial charge in [-0.3, -0.25) is 9.69 Å². The molecule has 1 rings (SSSR count). The fraction of sp³-hybridized carbons (Fsp3) is 0.938. The summed E-state index contributed by atoms with van der Waals surface area (Å²) >= 11 is 0. The molecule has 0 spiro atoms. The molecule has 0 unspecified atom stereocenters. The van der Waals surface area contributed by atoms with Crippen LogP contribution in [-0.4, -0.2) is 72.5 Å². The van der Waals surface area contributed by atoms with Crippen LogP contribution in [0, 0.1) is 5.92 Å². The highest BCUT2D eigenvalue weighted by Gasteiger charge is 2.19. The second-order valence-corrected chi connectivity index (χ2v) is 6.40. The quantitative estimate of drug-likeness (QED) is 0.714. The van der Waals surface area contributed by atoms with Gasteiger partial charge in [0.05, 0.1) is 0 Å². The van der Waals surface area contributed by atoms with Gasteiger partial charge in [0.1, 0.15) is 0 Å². The standard InChI is InChI=1S/C16H33N3O/c1-6-18(16(20)14(2)3)9-7-8-17-10-12-19(13-11-17)15(4)5/h14-15H,6-13H2,1-5H3. The van der Waals surface area contributed by atoms with Crippen molar-refractivity contribution >= 4 is 5.91 Å². The summed E-state index contributed by atoms with van der Waals surface area (Å²) in [6, 6.07) is 0.663. The van der Waals surface area contributed by atoms with E-state index in [0.29, 0.717) is 6.04 Å². The van der Waals surface area contributed by atoms with Crippen molar-refractivity contribution in [2.45, 2.75) is 47.1 Å². The maximum Gasteiger partial charge on any atom is 0.225 e. The molecule has 1 amide bonds. The van der Waals surface area contributed by atoms with Crippen molar-refractivity contribution in [3.63, 3.8) is 0 Å². The van der Waals surface area contributed by atoms with E-state index in [1.165, 1.54) is 26.2 Å². The lowest BCUT2D eigenvalue weighted by molar-refractivity contribution is -0.134. The molecule has 4 nitrogen and oxygen atoms in total. The molecule has 118 valence electrons. The minimum atomic E-state index is 0.115. The number of hydrogen-bond donors (Lipinski definition) is 0. The van der Waals surface area contributed by atoms with E-state index in [2.05, 4.69) is 30.6 Å². The first-order valence-corrected chi connectivity index (χ1v) is 8.20. The summed E-state index contributed by atoms with van der Waals surface area (Å²) in [5.74, 6) is 0.404. The molecule has 1 aliphatic heterocycles. The third-order valence-corrected chi connectivity index (χ3v) is 4.23. The van der Waals surface area contributed by atoms with E-state index in [0.717, 1.165) is 26.1 Å². The number of amides is 1. The van der Waals surface area contributed by atoms with Crippen LogP contribution in [0.1, 0.15) is 41.0 Å². The largest absolute Gasteiger partial charge is 0.343 e. The highest BCUT2D eigenvalue weighted by Crippen LogP contribution is 2.07. The summed E-state index contributed by atoms with van der Waals surface area (Å²) in [7, 11) is 0. The molecule has 1 fully saturated rings. The van der Waals surface area contributed by atoms with Crippen molar-refractivity contribution in [2.24, 2.45) is 5.92 Å². The van der Waals surface area contributed by atoms with Crippen LogP contribution in [0.3, 0.4) is 0 Å². The lowest BCUT2D eigenvalue weighted by Gasteiger charge is -2.37. The molecule has 0 aromatic rings. The van der Waals surface area contributed by atoms with Crippen molar-refractivity contribution in [2.75, 3.05) is 45.8 Å². The number of hydrogen-bond acceptors (Lipinski definition) is 3. The SMILES string of the molecule is CCN(CCCN1CCN(C(C)C)CC1)C(=O)C(C)C. The van der Waals surface area contributed by atoms with E-state index < -0.39 is 0 Å². The fourth-order valence-electron chi connectivity index (χ4n) is 2.78. The van der Waals surface area contributed by atoms with Gasteiger partial charge in [-0.25, -0.2) is 0 Å². The van der Waals surface area contributed by atoms with Crippen LogP contribution in [0.5, 0.6) is 0 Å². The Hall–Kier alpha value is -0.610. The summed E-state index contributed by atoms with van der Waals surface area (Å²) in [6.07, 6.45) is 1.09. The minimum absolute atomic E-state index is 0.115. The van der Waals surface area contributed by atoms with E-state index in [1.54, 1.807) is 0 Å². The lowest BCUT2D eigenvalue weighted by Crippen LogP contribution is -2.49. The Morgan fingerprint density at radius 1 is 1.10 bits per heavy atom. The first-order chi connectivity index (χ1) is 9.45. The van der Waals surface area contributed by atoms with E-state index in [1.807, 2.05) is 18.7 Å². The predicted molar refractivity (Wildman–Crippen MR) is 84.9 cm³/mol. The van der Waals surface area contributed by atoms with E-state index >= 15 is 0 Å². The summed E-state index contributed by atoms with van der Waals surface area (Å²) < 4.78 is 0. The van der Waals surface area contributed by atoms with Crippen LogP contribution in [0.15, 0.2) is 0 Å². The highest BCUT2D eigenvalue weighted by atomic mass is 16.2. The van der Waals surface area contributed by atoms with Crippen LogP contribution in [0.4, 0.5) is 0 Å².